The first-order valence-electron chi connectivity index (χ1n) is 7.81. The highest BCUT2D eigenvalue weighted by atomic mass is 127. The number of carbonyl (C=O) groups is 2. The number of hydrogen-bond acceptors (Lipinski definition) is 5. The minimum atomic E-state index is -1.04. The number of urea groups is 1. The van der Waals surface area contributed by atoms with E-state index in [-0.39, 0.29) is 5.57 Å². The van der Waals surface area contributed by atoms with Crippen LogP contribution in [0, 0.1) is 14.9 Å². The van der Waals surface area contributed by atoms with Crippen molar-refractivity contribution >= 4 is 52.2 Å². The van der Waals surface area contributed by atoms with Crippen LogP contribution in [-0.2, 0) is 11.4 Å². The first kappa shape index (κ1) is 21.5. The molecule has 2 rings (SSSR count). The largest absolute Gasteiger partial charge is 0.493 e. The number of nitrogens with two attached hydrogens (primary N) is 1. The number of carbonyl (C=O) groups excluding carboxylic acids is 2. The first-order chi connectivity index (χ1) is 13.3. The minimum absolute atomic E-state index is 0.272. The van der Waals surface area contributed by atoms with Crippen molar-refractivity contribution in [3.8, 4) is 17.6 Å². The van der Waals surface area contributed by atoms with Gasteiger partial charge >= 0.3 is 6.03 Å². The lowest BCUT2D eigenvalue weighted by Gasteiger charge is -2.14. The predicted molar refractivity (Wildman–Crippen MR) is 113 cm³/mol. The smallest absolute Gasteiger partial charge is 0.319 e. The third kappa shape index (κ3) is 5.87. The minimum Gasteiger partial charge on any atom is -0.493 e. The molecule has 3 amide bonds. The molecule has 0 aliphatic rings. The molecule has 0 fully saturated rings. The Kier molecular flexibility index (Phi) is 7.66. The van der Waals surface area contributed by atoms with E-state index in [9.17, 15) is 9.59 Å². The Balaban J connectivity index is 2.28. The molecule has 0 heterocycles. The monoisotopic (exact) mass is 511 g/mol. The fourth-order valence-electron chi connectivity index (χ4n) is 2.19. The van der Waals surface area contributed by atoms with E-state index in [2.05, 4.69) is 22.6 Å². The third-order valence-corrected chi connectivity index (χ3v) is 4.51. The van der Waals surface area contributed by atoms with Crippen LogP contribution < -0.4 is 20.5 Å². The van der Waals surface area contributed by atoms with Gasteiger partial charge in [0.15, 0.2) is 11.5 Å². The molecule has 0 spiro atoms. The van der Waals surface area contributed by atoms with Crippen LogP contribution in [0.5, 0.6) is 11.5 Å². The summed E-state index contributed by atoms with van der Waals surface area (Å²) in [5.74, 6) is 0.0713. The van der Waals surface area contributed by atoms with Gasteiger partial charge in [-0.25, -0.2) is 4.79 Å². The van der Waals surface area contributed by atoms with Crippen LogP contribution in [0.3, 0.4) is 0 Å². The molecular formula is C19H15ClIN3O4. The molecule has 28 heavy (non-hydrogen) atoms. The number of rotatable bonds is 6. The van der Waals surface area contributed by atoms with Crippen molar-refractivity contribution in [2.45, 2.75) is 6.61 Å². The molecular weight excluding hydrogens is 497 g/mol. The summed E-state index contributed by atoms with van der Waals surface area (Å²) < 4.78 is 12.0. The second-order valence-corrected chi connectivity index (χ2v) is 7.04. The summed E-state index contributed by atoms with van der Waals surface area (Å²) in [7, 11) is 1.49. The summed E-state index contributed by atoms with van der Waals surface area (Å²) >= 11 is 7.94. The predicted octanol–water partition coefficient (Wildman–Crippen LogP) is 3.63. The number of primary amides is 1. The fourth-order valence-corrected chi connectivity index (χ4v) is 3.10. The highest BCUT2D eigenvalue weighted by Gasteiger charge is 2.15. The Labute approximate surface area is 180 Å². The lowest BCUT2D eigenvalue weighted by molar-refractivity contribution is -0.115. The molecule has 0 aromatic heterocycles. The van der Waals surface area contributed by atoms with Crippen LogP contribution in [0.2, 0.25) is 5.02 Å². The van der Waals surface area contributed by atoms with Gasteiger partial charge in [0, 0.05) is 5.02 Å². The second kappa shape index (κ2) is 9.96. The van der Waals surface area contributed by atoms with Gasteiger partial charge in [-0.1, -0.05) is 23.7 Å². The summed E-state index contributed by atoms with van der Waals surface area (Å²) in [6.07, 6.45) is 1.33. The van der Waals surface area contributed by atoms with Gasteiger partial charge in [-0.05, 0) is 64.1 Å². The molecule has 0 unspecified atom stereocenters. The van der Waals surface area contributed by atoms with Crippen molar-refractivity contribution in [3.63, 3.8) is 0 Å². The van der Waals surface area contributed by atoms with Crippen molar-refractivity contribution in [2.24, 2.45) is 5.73 Å². The molecule has 0 saturated heterocycles. The van der Waals surface area contributed by atoms with Crippen molar-refractivity contribution in [2.75, 3.05) is 7.11 Å². The quantitative estimate of drug-likeness (QED) is 0.349. The molecule has 0 radical (unpaired) electrons. The molecule has 2 aromatic carbocycles. The van der Waals surface area contributed by atoms with E-state index in [1.807, 2.05) is 17.4 Å². The Morgan fingerprint density at radius 3 is 2.57 bits per heavy atom. The number of imide groups is 1. The number of halogens is 2. The van der Waals surface area contributed by atoms with E-state index < -0.39 is 11.9 Å². The maximum Gasteiger partial charge on any atom is 0.319 e. The Morgan fingerprint density at radius 2 is 2.00 bits per heavy atom. The van der Waals surface area contributed by atoms with Gasteiger partial charge < -0.3 is 15.2 Å². The van der Waals surface area contributed by atoms with Gasteiger partial charge in [-0.2, -0.15) is 5.26 Å². The molecule has 2 aromatic rings. The highest BCUT2D eigenvalue weighted by molar-refractivity contribution is 14.1. The zero-order valence-corrected chi connectivity index (χ0v) is 17.6. The molecule has 0 aliphatic heterocycles. The van der Waals surface area contributed by atoms with Gasteiger partial charge in [0.1, 0.15) is 18.2 Å². The topological polar surface area (TPSA) is 114 Å². The van der Waals surface area contributed by atoms with Crippen molar-refractivity contribution in [3.05, 3.63) is 61.7 Å². The maximum atomic E-state index is 11.8. The fraction of sp³-hybridized carbons (Fsp3) is 0.105. The number of nitrogens with zero attached hydrogens (tertiary/aromatic N) is 1. The number of amides is 3. The molecule has 0 saturated carbocycles. The SMILES string of the molecule is COc1cc(/C=C(\C#N)C(=O)NC(N)=O)cc(I)c1OCc1ccc(Cl)cc1. The van der Waals surface area contributed by atoms with Gasteiger partial charge in [0.25, 0.3) is 5.91 Å². The first-order valence-corrected chi connectivity index (χ1v) is 9.27. The molecule has 9 heteroatoms. The van der Waals surface area contributed by atoms with Gasteiger partial charge in [-0.15, -0.1) is 0 Å². The maximum absolute atomic E-state index is 11.8. The van der Waals surface area contributed by atoms with E-state index in [4.69, 9.17) is 32.1 Å². The standard InChI is InChI=1S/C19H15ClIN3O4/c1-27-16-8-12(6-13(9-22)18(25)24-19(23)26)7-15(21)17(16)28-10-11-2-4-14(20)5-3-11/h2-8H,10H2,1H3,(H3,23,24,25,26)/b13-6+. The van der Waals surface area contributed by atoms with Crippen LogP contribution in [0.1, 0.15) is 11.1 Å². The highest BCUT2D eigenvalue weighted by Crippen LogP contribution is 2.35. The molecule has 0 atom stereocenters. The van der Waals surface area contributed by atoms with E-state index in [0.717, 1.165) is 5.56 Å². The molecule has 3 N–H and O–H groups in total. The lowest BCUT2D eigenvalue weighted by atomic mass is 10.1. The zero-order valence-electron chi connectivity index (χ0n) is 14.7. The molecule has 0 aliphatic carbocycles. The van der Waals surface area contributed by atoms with Crippen LogP contribution >= 0.6 is 34.2 Å². The number of ether oxygens (including phenoxy) is 2. The van der Waals surface area contributed by atoms with E-state index in [0.29, 0.717) is 32.3 Å². The number of hydrogen-bond donors (Lipinski definition) is 2. The number of methoxy groups -OCH3 is 1. The average Bonchev–Trinajstić information content (AvgIpc) is 2.65. The normalized spacial score (nSPS) is 10.7. The van der Waals surface area contributed by atoms with Crippen LogP contribution in [0.25, 0.3) is 6.08 Å². The summed E-state index contributed by atoms with van der Waals surface area (Å²) in [4.78, 5) is 22.6. The molecule has 144 valence electrons. The Bertz CT molecular complexity index is 968. The van der Waals surface area contributed by atoms with Crippen LogP contribution in [0.4, 0.5) is 4.79 Å². The van der Waals surface area contributed by atoms with Crippen LogP contribution in [-0.4, -0.2) is 19.0 Å². The van der Waals surface area contributed by atoms with E-state index >= 15 is 0 Å². The van der Waals surface area contributed by atoms with E-state index in [1.54, 1.807) is 30.3 Å². The van der Waals surface area contributed by atoms with Crippen LogP contribution in [0.15, 0.2) is 42.0 Å². The van der Waals surface area contributed by atoms with Crippen molar-refractivity contribution in [1.82, 2.24) is 5.32 Å². The number of nitriles is 1. The summed E-state index contributed by atoms with van der Waals surface area (Å²) in [6.45, 7) is 0.309. The van der Waals surface area contributed by atoms with Gasteiger partial charge in [0.2, 0.25) is 0 Å². The average molecular weight is 512 g/mol. The summed E-state index contributed by atoms with van der Waals surface area (Å²) in [6, 6.07) is 11.3. The lowest BCUT2D eigenvalue weighted by Crippen LogP contribution is -2.35. The zero-order chi connectivity index (χ0) is 20.7. The van der Waals surface area contributed by atoms with Gasteiger partial charge in [-0.3, -0.25) is 10.1 Å². The van der Waals surface area contributed by atoms with Crippen molar-refractivity contribution < 1.29 is 19.1 Å². The van der Waals surface area contributed by atoms with E-state index in [1.165, 1.54) is 13.2 Å². The van der Waals surface area contributed by atoms with Gasteiger partial charge in [0.05, 0.1) is 10.7 Å². The Morgan fingerprint density at radius 1 is 1.32 bits per heavy atom. The number of benzene rings is 2. The third-order valence-electron chi connectivity index (χ3n) is 3.46. The van der Waals surface area contributed by atoms with Crippen molar-refractivity contribution in [1.29, 1.82) is 5.26 Å². The number of nitrogens with one attached hydrogen (secondary N) is 1. The molecule has 0 bridgehead atoms. The Hall–Kier alpha value is -2.77. The summed E-state index contributed by atoms with van der Waals surface area (Å²) in [5.41, 5.74) is 6.09. The second-order valence-electron chi connectivity index (χ2n) is 5.44. The summed E-state index contributed by atoms with van der Waals surface area (Å²) in [5, 5.41) is 11.6. The molecule has 7 nitrogen and oxygen atoms in total.